The van der Waals surface area contributed by atoms with Gasteiger partial charge in [-0.25, -0.2) is 4.39 Å². The average Bonchev–Trinajstić information content (AvgIpc) is 2.88. The number of rotatable bonds is 3. The lowest BCUT2D eigenvalue weighted by Gasteiger charge is -2.19. The third-order valence-corrected chi connectivity index (χ3v) is 3.96. The van der Waals surface area contributed by atoms with E-state index >= 15 is 0 Å². The van der Waals surface area contributed by atoms with Crippen molar-refractivity contribution in [3.8, 4) is 11.4 Å². The van der Waals surface area contributed by atoms with E-state index in [1.807, 2.05) is 0 Å². The minimum atomic E-state index is -0.323. The van der Waals surface area contributed by atoms with Crippen LogP contribution in [0.1, 0.15) is 19.3 Å². The standard InChI is InChI=1S/C15H19FN6O/c16-12-5-3-11(4-6-12)15-18-20-22(19-15)10-14(23)21-8-1-2-13(17)7-9-21/h3-6,13H,1-2,7-10,17H2. The van der Waals surface area contributed by atoms with Crippen molar-refractivity contribution in [2.45, 2.75) is 31.8 Å². The number of halogens is 1. The van der Waals surface area contributed by atoms with Crippen molar-refractivity contribution in [3.05, 3.63) is 30.1 Å². The van der Waals surface area contributed by atoms with E-state index < -0.39 is 0 Å². The summed E-state index contributed by atoms with van der Waals surface area (Å²) in [6.45, 7) is 1.43. The van der Waals surface area contributed by atoms with Crippen molar-refractivity contribution in [1.29, 1.82) is 0 Å². The zero-order chi connectivity index (χ0) is 16.2. The van der Waals surface area contributed by atoms with E-state index in [0.29, 0.717) is 24.5 Å². The van der Waals surface area contributed by atoms with Gasteiger partial charge in [-0.1, -0.05) is 0 Å². The third kappa shape index (κ3) is 3.89. The zero-order valence-corrected chi connectivity index (χ0v) is 12.7. The Balaban J connectivity index is 1.64. The summed E-state index contributed by atoms with van der Waals surface area (Å²) in [6.07, 6.45) is 2.68. The highest BCUT2D eigenvalue weighted by molar-refractivity contribution is 5.75. The van der Waals surface area contributed by atoms with Crippen molar-refractivity contribution in [1.82, 2.24) is 25.1 Å². The number of nitrogens with zero attached hydrogens (tertiary/aromatic N) is 5. The Morgan fingerprint density at radius 1 is 1.26 bits per heavy atom. The second-order valence-corrected chi connectivity index (χ2v) is 5.72. The molecule has 0 aliphatic carbocycles. The van der Waals surface area contributed by atoms with Gasteiger partial charge in [-0.3, -0.25) is 4.79 Å². The Bertz CT molecular complexity index is 671. The Morgan fingerprint density at radius 2 is 2.04 bits per heavy atom. The van der Waals surface area contributed by atoms with E-state index in [2.05, 4.69) is 15.4 Å². The minimum absolute atomic E-state index is 0.0397. The second-order valence-electron chi connectivity index (χ2n) is 5.72. The van der Waals surface area contributed by atoms with Crippen LogP contribution in [-0.4, -0.2) is 50.1 Å². The van der Waals surface area contributed by atoms with Gasteiger partial charge < -0.3 is 10.6 Å². The molecule has 2 aromatic rings. The first-order valence-corrected chi connectivity index (χ1v) is 7.69. The molecule has 1 amide bonds. The Hall–Kier alpha value is -2.35. The molecule has 0 bridgehead atoms. The topological polar surface area (TPSA) is 89.9 Å². The number of hydrogen-bond acceptors (Lipinski definition) is 5. The summed E-state index contributed by atoms with van der Waals surface area (Å²) in [7, 11) is 0. The molecule has 3 rings (SSSR count). The molecule has 0 radical (unpaired) electrons. The van der Waals surface area contributed by atoms with E-state index in [-0.39, 0.29) is 24.3 Å². The van der Waals surface area contributed by atoms with Crippen LogP contribution >= 0.6 is 0 Å². The van der Waals surface area contributed by atoms with Crippen LogP contribution in [0.4, 0.5) is 4.39 Å². The second kappa shape index (κ2) is 6.82. The summed E-state index contributed by atoms with van der Waals surface area (Å²) in [6, 6.07) is 5.99. The molecule has 1 aromatic carbocycles. The van der Waals surface area contributed by atoms with Gasteiger partial charge in [-0.05, 0) is 48.7 Å². The molecule has 23 heavy (non-hydrogen) atoms. The first-order valence-electron chi connectivity index (χ1n) is 7.69. The fourth-order valence-corrected chi connectivity index (χ4v) is 2.62. The highest BCUT2D eigenvalue weighted by Crippen LogP contribution is 2.14. The summed E-state index contributed by atoms with van der Waals surface area (Å²) in [5, 5.41) is 12.0. The van der Waals surface area contributed by atoms with Gasteiger partial charge in [-0.15, -0.1) is 10.2 Å². The van der Waals surface area contributed by atoms with Crippen molar-refractivity contribution >= 4 is 5.91 Å². The summed E-state index contributed by atoms with van der Waals surface area (Å²) >= 11 is 0. The van der Waals surface area contributed by atoms with Gasteiger partial charge >= 0.3 is 0 Å². The molecule has 7 nitrogen and oxygen atoms in total. The van der Waals surface area contributed by atoms with Gasteiger partial charge in [0.05, 0.1) is 0 Å². The van der Waals surface area contributed by atoms with E-state index in [1.54, 1.807) is 17.0 Å². The van der Waals surface area contributed by atoms with Crippen molar-refractivity contribution in [3.63, 3.8) is 0 Å². The number of hydrogen-bond donors (Lipinski definition) is 1. The Labute approximate surface area is 133 Å². The number of carbonyl (C=O) groups is 1. The van der Waals surface area contributed by atoms with Crippen LogP contribution < -0.4 is 5.73 Å². The fraction of sp³-hybridized carbons (Fsp3) is 0.467. The zero-order valence-electron chi connectivity index (χ0n) is 12.7. The smallest absolute Gasteiger partial charge is 0.246 e. The molecule has 2 heterocycles. The molecule has 0 saturated carbocycles. The monoisotopic (exact) mass is 318 g/mol. The van der Waals surface area contributed by atoms with E-state index in [0.717, 1.165) is 19.3 Å². The molecular formula is C15H19FN6O. The minimum Gasteiger partial charge on any atom is -0.341 e. The first-order chi connectivity index (χ1) is 11.1. The number of likely N-dealkylation sites (tertiary alicyclic amines) is 1. The van der Waals surface area contributed by atoms with E-state index in [4.69, 9.17) is 5.73 Å². The van der Waals surface area contributed by atoms with Crippen LogP contribution in [0.15, 0.2) is 24.3 Å². The molecule has 1 atom stereocenters. The summed E-state index contributed by atoms with van der Waals surface area (Å²) in [5.74, 6) is 0.00790. The van der Waals surface area contributed by atoms with Crippen LogP contribution in [-0.2, 0) is 11.3 Å². The molecule has 0 spiro atoms. The van der Waals surface area contributed by atoms with Crippen molar-refractivity contribution < 1.29 is 9.18 Å². The lowest BCUT2D eigenvalue weighted by atomic mass is 10.1. The van der Waals surface area contributed by atoms with Crippen LogP contribution in [0.2, 0.25) is 0 Å². The Kier molecular flexibility index (Phi) is 4.61. The van der Waals surface area contributed by atoms with Gasteiger partial charge in [0.2, 0.25) is 11.7 Å². The SMILES string of the molecule is NC1CCCN(C(=O)Cn2nnc(-c3ccc(F)cc3)n2)CC1. The van der Waals surface area contributed by atoms with Gasteiger partial charge in [0.25, 0.3) is 0 Å². The maximum atomic E-state index is 12.9. The lowest BCUT2D eigenvalue weighted by Crippen LogP contribution is -2.35. The third-order valence-electron chi connectivity index (χ3n) is 3.96. The highest BCUT2D eigenvalue weighted by atomic mass is 19.1. The summed E-state index contributed by atoms with van der Waals surface area (Å²) in [4.78, 5) is 15.4. The summed E-state index contributed by atoms with van der Waals surface area (Å²) < 4.78 is 12.9. The maximum Gasteiger partial charge on any atom is 0.246 e. The van der Waals surface area contributed by atoms with E-state index in [1.165, 1.54) is 16.9 Å². The van der Waals surface area contributed by atoms with Crippen LogP contribution in [0.3, 0.4) is 0 Å². The molecule has 1 aliphatic rings. The summed E-state index contributed by atoms with van der Waals surface area (Å²) in [5.41, 5.74) is 6.58. The fourth-order valence-electron chi connectivity index (χ4n) is 2.62. The molecular weight excluding hydrogens is 299 g/mol. The van der Waals surface area contributed by atoms with Crippen LogP contribution in [0, 0.1) is 5.82 Å². The molecule has 122 valence electrons. The highest BCUT2D eigenvalue weighted by Gasteiger charge is 2.20. The molecule has 1 saturated heterocycles. The predicted octanol–water partition coefficient (Wildman–Crippen LogP) is 0.819. The quantitative estimate of drug-likeness (QED) is 0.905. The predicted molar refractivity (Wildman–Crippen MR) is 81.6 cm³/mol. The maximum absolute atomic E-state index is 12.9. The molecule has 2 N–H and O–H groups in total. The molecule has 1 aliphatic heterocycles. The number of amides is 1. The molecule has 1 fully saturated rings. The number of nitrogens with two attached hydrogens (primary N) is 1. The van der Waals surface area contributed by atoms with Gasteiger partial charge in [0.15, 0.2) is 0 Å². The molecule has 8 heteroatoms. The van der Waals surface area contributed by atoms with Crippen LogP contribution in [0.5, 0.6) is 0 Å². The normalized spacial score (nSPS) is 18.7. The van der Waals surface area contributed by atoms with Crippen molar-refractivity contribution in [2.75, 3.05) is 13.1 Å². The molecule has 1 unspecified atom stereocenters. The average molecular weight is 318 g/mol. The van der Waals surface area contributed by atoms with Gasteiger partial charge in [0, 0.05) is 24.7 Å². The van der Waals surface area contributed by atoms with E-state index in [9.17, 15) is 9.18 Å². The van der Waals surface area contributed by atoms with Crippen LogP contribution in [0.25, 0.3) is 11.4 Å². The number of aromatic nitrogens is 4. The Morgan fingerprint density at radius 3 is 2.83 bits per heavy atom. The number of tetrazole rings is 1. The lowest BCUT2D eigenvalue weighted by molar-refractivity contribution is -0.132. The van der Waals surface area contributed by atoms with Gasteiger partial charge in [-0.2, -0.15) is 4.80 Å². The van der Waals surface area contributed by atoms with Gasteiger partial charge in [0.1, 0.15) is 12.4 Å². The van der Waals surface area contributed by atoms with Crippen molar-refractivity contribution in [2.24, 2.45) is 5.73 Å². The largest absolute Gasteiger partial charge is 0.341 e. The first kappa shape index (κ1) is 15.5. The molecule has 1 aromatic heterocycles. The number of carbonyl (C=O) groups excluding carboxylic acids is 1. The number of benzene rings is 1.